The number of thiazole rings is 1. The molecule has 0 aliphatic rings. The Hall–Kier alpha value is -0.980. The molecule has 1 aromatic rings. The fourth-order valence-electron chi connectivity index (χ4n) is 1.32. The van der Waals surface area contributed by atoms with Gasteiger partial charge in [0.25, 0.3) is 0 Å². The van der Waals surface area contributed by atoms with E-state index >= 15 is 0 Å². The summed E-state index contributed by atoms with van der Waals surface area (Å²) in [6.45, 7) is 6.59. The van der Waals surface area contributed by atoms with Crippen molar-refractivity contribution in [3.63, 3.8) is 0 Å². The van der Waals surface area contributed by atoms with E-state index in [1.807, 2.05) is 5.38 Å². The topological polar surface area (TPSA) is 77.2 Å². The van der Waals surface area contributed by atoms with E-state index in [0.717, 1.165) is 5.69 Å². The molecule has 0 saturated heterocycles. The van der Waals surface area contributed by atoms with Gasteiger partial charge in [-0.2, -0.15) is 0 Å². The van der Waals surface area contributed by atoms with E-state index < -0.39 is 0 Å². The number of ether oxygens (including phenoxy) is 1. The van der Waals surface area contributed by atoms with Crippen LogP contribution in [-0.4, -0.2) is 30.6 Å². The van der Waals surface area contributed by atoms with Gasteiger partial charge in [-0.3, -0.25) is 4.79 Å². The molecule has 1 rings (SSSR count). The van der Waals surface area contributed by atoms with E-state index in [2.05, 4.69) is 31.1 Å². The van der Waals surface area contributed by atoms with Gasteiger partial charge in [-0.15, -0.1) is 11.3 Å². The van der Waals surface area contributed by atoms with Gasteiger partial charge < -0.3 is 15.8 Å². The van der Waals surface area contributed by atoms with Crippen molar-refractivity contribution in [3.05, 3.63) is 11.1 Å². The van der Waals surface area contributed by atoms with Crippen LogP contribution in [-0.2, 0) is 14.9 Å². The molecule has 0 radical (unpaired) electrons. The highest BCUT2D eigenvalue weighted by atomic mass is 32.1. The first-order valence-corrected chi connectivity index (χ1v) is 6.73. The van der Waals surface area contributed by atoms with E-state index in [-0.39, 0.29) is 23.8 Å². The molecule has 1 aromatic heterocycles. The summed E-state index contributed by atoms with van der Waals surface area (Å²) >= 11 is 1.43. The maximum Gasteiger partial charge on any atom is 0.228 e. The number of hydrogen-bond acceptors (Lipinski definition) is 5. The van der Waals surface area contributed by atoms with Crippen LogP contribution in [0.4, 0.5) is 5.13 Å². The zero-order valence-corrected chi connectivity index (χ0v) is 12.1. The first-order chi connectivity index (χ1) is 8.36. The fraction of sp³-hybridized carbons (Fsp3) is 0.667. The summed E-state index contributed by atoms with van der Waals surface area (Å²) in [5.74, 6) is -0.123. The van der Waals surface area contributed by atoms with Gasteiger partial charge in [0, 0.05) is 24.4 Å². The molecule has 5 nitrogen and oxygen atoms in total. The third-order valence-electron chi connectivity index (χ3n) is 2.53. The second kappa shape index (κ2) is 6.26. The largest absolute Gasteiger partial charge is 0.380 e. The lowest BCUT2D eigenvalue weighted by molar-refractivity contribution is -0.118. The number of methoxy groups -OCH3 is 1. The average molecular weight is 271 g/mol. The number of nitrogens with two attached hydrogens (primary N) is 1. The second-order valence-electron chi connectivity index (χ2n) is 5.13. The third kappa shape index (κ3) is 4.36. The molecule has 1 atom stereocenters. The Labute approximate surface area is 112 Å². The number of anilines is 1. The highest BCUT2D eigenvalue weighted by Crippen LogP contribution is 2.26. The Kier molecular flexibility index (Phi) is 5.25. The van der Waals surface area contributed by atoms with Crippen LogP contribution in [0, 0.1) is 0 Å². The maximum atomic E-state index is 11.7. The quantitative estimate of drug-likeness (QED) is 0.855. The number of amides is 1. The molecule has 0 fully saturated rings. The number of carbonyl (C=O) groups is 1. The highest BCUT2D eigenvalue weighted by molar-refractivity contribution is 7.13. The Morgan fingerprint density at radius 1 is 1.61 bits per heavy atom. The monoisotopic (exact) mass is 271 g/mol. The Morgan fingerprint density at radius 2 is 2.28 bits per heavy atom. The van der Waals surface area contributed by atoms with Gasteiger partial charge in [0.05, 0.1) is 18.2 Å². The minimum Gasteiger partial charge on any atom is -0.380 e. The van der Waals surface area contributed by atoms with Crippen LogP contribution >= 0.6 is 11.3 Å². The molecule has 1 unspecified atom stereocenters. The van der Waals surface area contributed by atoms with Crippen LogP contribution in [0.2, 0.25) is 0 Å². The van der Waals surface area contributed by atoms with Gasteiger partial charge in [0.2, 0.25) is 5.91 Å². The molecule has 0 aromatic carbocycles. The molecular formula is C12H21N3O2S. The molecular weight excluding hydrogens is 250 g/mol. The zero-order chi connectivity index (χ0) is 13.8. The highest BCUT2D eigenvalue weighted by Gasteiger charge is 2.18. The minimum absolute atomic E-state index is 0.00813. The number of carbonyl (C=O) groups excluding carboxylic acids is 1. The van der Waals surface area contributed by atoms with Crippen molar-refractivity contribution in [2.24, 2.45) is 5.73 Å². The predicted molar refractivity (Wildman–Crippen MR) is 73.9 cm³/mol. The van der Waals surface area contributed by atoms with E-state index in [1.54, 1.807) is 7.11 Å². The van der Waals surface area contributed by atoms with Crippen LogP contribution in [0.25, 0.3) is 0 Å². The summed E-state index contributed by atoms with van der Waals surface area (Å²) < 4.78 is 5.06. The molecule has 0 spiro atoms. The van der Waals surface area contributed by atoms with Crippen molar-refractivity contribution < 1.29 is 9.53 Å². The van der Waals surface area contributed by atoms with Gasteiger partial charge in [-0.1, -0.05) is 20.8 Å². The zero-order valence-electron chi connectivity index (χ0n) is 11.3. The summed E-state index contributed by atoms with van der Waals surface area (Å²) in [5.41, 5.74) is 6.44. The third-order valence-corrected chi connectivity index (χ3v) is 3.29. The second-order valence-corrected chi connectivity index (χ2v) is 5.99. The van der Waals surface area contributed by atoms with Crippen LogP contribution in [0.5, 0.6) is 0 Å². The van der Waals surface area contributed by atoms with Crippen molar-refractivity contribution in [2.45, 2.75) is 38.7 Å². The van der Waals surface area contributed by atoms with Gasteiger partial charge in [-0.25, -0.2) is 4.98 Å². The lowest BCUT2D eigenvalue weighted by atomic mass is 9.93. The van der Waals surface area contributed by atoms with Crippen molar-refractivity contribution in [2.75, 3.05) is 19.0 Å². The van der Waals surface area contributed by atoms with E-state index in [4.69, 9.17) is 10.5 Å². The number of hydrogen-bond donors (Lipinski definition) is 2. The molecule has 18 heavy (non-hydrogen) atoms. The molecule has 0 aliphatic heterocycles. The summed E-state index contributed by atoms with van der Waals surface area (Å²) in [6, 6.07) is 0. The van der Waals surface area contributed by atoms with Crippen LogP contribution in [0.3, 0.4) is 0 Å². The predicted octanol–water partition coefficient (Wildman–Crippen LogP) is 1.74. The first-order valence-electron chi connectivity index (χ1n) is 5.85. The lowest BCUT2D eigenvalue weighted by Crippen LogP contribution is -2.28. The number of nitrogens with zero attached hydrogens (tertiary/aromatic N) is 1. The van der Waals surface area contributed by atoms with Crippen molar-refractivity contribution in [3.8, 4) is 0 Å². The van der Waals surface area contributed by atoms with E-state index in [0.29, 0.717) is 11.7 Å². The Bertz CT molecular complexity index is 394. The average Bonchev–Trinajstić information content (AvgIpc) is 2.74. The van der Waals surface area contributed by atoms with Crippen LogP contribution in [0.1, 0.15) is 32.9 Å². The number of rotatable bonds is 5. The Morgan fingerprint density at radius 3 is 2.72 bits per heavy atom. The van der Waals surface area contributed by atoms with E-state index in [1.165, 1.54) is 11.3 Å². The van der Waals surface area contributed by atoms with E-state index in [9.17, 15) is 4.79 Å². The minimum atomic E-state index is -0.243. The van der Waals surface area contributed by atoms with Gasteiger partial charge in [-0.05, 0) is 0 Å². The van der Waals surface area contributed by atoms with Crippen LogP contribution in [0.15, 0.2) is 5.38 Å². The molecule has 1 heterocycles. The molecule has 0 saturated carbocycles. The van der Waals surface area contributed by atoms with Crippen LogP contribution < -0.4 is 11.1 Å². The van der Waals surface area contributed by atoms with Gasteiger partial charge >= 0.3 is 0 Å². The molecule has 102 valence electrons. The molecule has 0 bridgehead atoms. The summed E-state index contributed by atoms with van der Waals surface area (Å²) in [5, 5.41) is 5.35. The van der Waals surface area contributed by atoms with Crippen molar-refractivity contribution in [1.82, 2.24) is 4.98 Å². The number of nitrogens with one attached hydrogen (secondary N) is 1. The van der Waals surface area contributed by atoms with Crippen molar-refractivity contribution >= 4 is 22.4 Å². The molecule has 1 amide bonds. The SMILES string of the molecule is COC(CN)CC(=O)Nc1nc(C(C)(C)C)cs1. The lowest BCUT2D eigenvalue weighted by Gasteiger charge is -2.14. The summed E-state index contributed by atoms with van der Waals surface area (Å²) in [4.78, 5) is 16.1. The summed E-state index contributed by atoms with van der Waals surface area (Å²) in [7, 11) is 1.55. The Balaban J connectivity index is 2.57. The first kappa shape index (κ1) is 15.1. The number of aromatic nitrogens is 1. The fourth-order valence-corrected chi connectivity index (χ4v) is 2.27. The summed E-state index contributed by atoms with van der Waals surface area (Å²) in [6.07, 6.45) is 0.00398. The molecule has 6 heteroatoms. The normalized spacial score (nSPS) is 13.4. The standard InChI is InChI=1S/C12H21N3O2S/c1-12(2,3)9-7-18-11(14-9)15-10(16)5-8(6-13)17-4/h7-8H,5-6,13H2,1-4H3,(H,14,15,16). The van der Waals surface area contributed by atoms with Crippen molar-refractivity contribution in [1.29, 1.82) is 0 Å². The molecule has 0 aliphatic carbocycles. The smallest absolute Gasteiger partial charge is 0.228 e. The molecule has 3 N–H and O–H groups in total. The van der Waals surface area contributed by atoms with Gasteiger partial charge in [0.1, 0.15) is 0 Å². The van der Waals surface area contributed by atoms with Gasteiger partial charge in [0.15, 0.2) is 5.13 Å². The maximum absolute atomic E-state index is 11.7.